The molecule has 2 aromatic carbocycles. The summed E-state index contributed by atoms with van der Waals surface area (Å²) in [5, 5.41) is 11.4. The molecule has 0 fully saturated rings. The summed E-state index contributed by atoms with van der Waals surface area (Å²) < 4.78 is 5.46. The van der Waals surface area contributed by atoms with E-state index >= 15 is 0 Å². The van der Waals surface area contributed by atoms with E-state index < -0.39 is 5.97 Å². The quantitative estimate of drug-likeness (QED) is 0.595. The van der Waals surface area contributed by atoms with Crippen molar-refractivity contribution in [2.24, 2.45) is 0 Å². The molecule has 1 aliphatic rings. The number of pyridine rings is 1. The number of para-hydroxylation sites is 2. The van der Waals surface area contributed by atoms with Crippen LogP contribution in [-0.4, -0.2) is 37.3 Å². The van der Waals surface area contributed by atoms with Gasteiger partial charge in [0, 0.05) is 26.0 Å². The molecule has 31 heavy (non-hydrogen) atoms. The second-order valence-electron chi connectivity index (χ2n) is 7.37. The van der Waals surface area contributed by atoms with Gasteiger partial charge in [0.1, 0.15) is 5.75 Å². The van der Waals surface area contributed by atoms with E-state index in [4.69, 9.17) is 9.84 Å². The number of carboxylic acid groups (broad SMARTS) is 1. The first-order chi connectivity index (χ1) is 15.0. The number of ether oxygens (including phenoxy) is 1. The zero-order chi connectivity index (χ0) is 22.2. The van der Waals surface area contributed by atoms with Crippen LogP contribution in [0, 0.1) is 0 Å². The van der Waals surface area contributed by atoms with Crippen molar-refractivity contribution in [2.45, 2.75) is 25.7 Å². The summed E-state index contributed by atoms with van der Waals surface area (Å²) in [4.78, 5) is 16.5. The number of aryl methyl sites for hydroxylation is 2. The van der Waals surface area contributed by atoms with Gasteiger partial charge < -0.3 is 20.1 Å². The van der Waals surface area contributed by atoms with E-state index in [1.165, 1.54) is 61.0 Å². The summed E-state index contributed by atoms with van der Waals surface area (Å²) in [7, 11) is 5.48. The lowest BCUT2D eigenvalue weighted by Crippen LogP contribution is -2.12. The molecule has 0 saturated carbocycles. The molecule has 1 heterocycles. The standard InChI is InChI=1S/C18H21NO.C7H8N2O2/c1-19(17-9-5-6-10-18(17)20-2)16-12-11-14-7-3-4-8-15(14)13-16;1-8-6-4-9-3-2-5(6)7(10)11/h5-6,9-13H,3-4,7-8H2,1-2H3;2-4,8H,1H3,(H,10,11). The molecule has 6 heteroatoms. The number of anilines is 3. The lowest BCUT2D eigenvalue weighted by molar-refractivity contribution is 0.0698. The number of aromatic carboxylic acids is 1. The molecule has 162 valence electrons. The molecule has 6 nitrogen and oxygen atoms in total. The number of carboxylic acids is 1. The number of hydrogen-bond donors (Lipinski definition) is 2. The van der Waals surface area contributed by atoms with Gasteiger partial charge >= 0.3 is 5.97 Å². The number of nitrogens with one attached hydrogen (secondary N) is 1. The van der Waals surface area contributed by atoms with Crippen LogP contribution >= 0.6 is 0 Å². The highest BCUT2D eigenvalue weighted by Gasteiger charge is 2.13. The number of fused-ring (bicyclic) bond motifs is 1. The van der Waals surface area contributed by atoms with E-state index in [1.807, 2.05) is 18.2 Å². The van der Waals surface area contributed by atoms with Gasteiger partial charge in [-0.2, -0.15) is 0 Å². The Hall–Kier alpha value is -3.54. The Labute approximate surface area is 183 Å². The SMILES string of the molecule is CNc1cnccc1C(=O)O.COc1ccccc1N(C)c1ccc2c(c1)CCCC2. The maximum absolute atomic E-state index is 10.5. The number of benzene rings is 2. The summed E-state index contributed by atoms with van der Waals surface area (Å²) in [6.45, 7) is 0. The Morgan fingerprint density at radius 1 is 1.10 bits per heavy atom. The molecule has 3 aromatic rings. The van der Waals surface area contributed by atoms with Gasteiger partial charge in [-0.15, -0.1) is 0 Å². The number of methoxy groups -OCH3 is 1. The van der Waals surface area contributed by atoms with E-state index in [0.717, 1.165) is 11.4 Å². The van der Waals surface area contributed by atoms with Gasteiger partial charge in [-0.3, -0.25) is 4.98 Å². The molecule has 0 atom stereocenters. The van der Waals surface area contributed by atoms with E-state index in [9.17, 15) is 4.79 Å². The Morgan fingerprint density at radius 2 is 1.84 bits per heavy atom. The first-order valence-electron chi connectivity index (χ1n) is 10.4. The van der Waals surface area contributed by atoms with Crippen LogP contribution in [0.3, 0.4) is 0 Å². The molecular formula is C25H29N3O3. The second kappa shape index (κ2) is 10.5. The third-order valence-corrected chi connectivity index (χ3v) is 5.49. The minimum Gasteiger partial charge on any atom is -0.495 e. The molecule has 1 aliphatic carbocycles. The van der Waals surface area contributed by atoms with Gasteiger partial charge in [0.05, 0.1) is 30.2 Å². The van der Waals surface area contributed by atoms with Crippen molar-refractivity contribution in [3.8, 4) is 5.75 Å². The first kappa shape index (κ1) is 22.2. The van der Waals surface area contributed by atoms with Crippen LogP contribution in [0.4, 0.5) is 17.1 Å². The Balaban J connectivity index is 0.000000210. The predicted octanol–water partition coefficient (Wildman–Crippen LogP) is 5.16. The third kappa shape index (κ3) is 5.34. The van der Waals surface area contributed by atoms with E-state index in [-0.39, 0.29) is 5.56 Å². The van der Waals surface area contributed by atoms with Crippen molar-refractivity contribution in [2.75, 3.05) is 31.4 Å². The normalized spacial score (nSPS) is 12.1. The van der Waals surface area contributed by atoms with Gasteiger partial charge in [-0.1, -0.05) is 18.2 Å². The molecular weight excluding hydrogens is 390 g/mol. The average Bonchev–Trinajstić information content (AvgIpc) is 2.83. The minimum atomic E-state index is -0.947. The highest BCUT2D eigenvalue weighted by atomic mass is 16.5. The third-order valence-electron chi connectivity index (χ3n) is 5.49. The van der Waals surface area contributed by atoms with Gasteiger partial charge in [-0.05, 0) is 67.1 Å². The molecule has 0 spiro atoms. The Morgan fingerprint density at radius 3 is 2.52 bits per heavy atom. The summed E-state index contributed by atoms with van der Waals surface area (Å²) in [6.07, 6.45) is 8.01. The molecule has 0 saturated heterocycles. The fourth-order valence-electron chi connectivity index (χ4n) is 3.75. The van der Waals surface area contributed by atoms with Gasteiger partial charge in [0.25, 0.3) is 0 Å². The minimum absolute atomic E-state index is 0.238. The smallest absolute Gasteiger partial charge is 0.337 e. The summed E-state index contributed by atoms with van der Waals surface area (Å²) in [5.41, 5.74) is 6.13. The zero-order valence-corrected chi connectivity index (χ0v) is 18.3. The largest absolute Gasteiger partial charge is 0.495 e. The van der Waals surface area contributed by atoms with E-state index in [1.54, 1.807) is 14.2 Å². The molecule has 0 amide bonds. The van der Waals surface area contributed by atoms with Crippen molar-refractivity contribution in [1.29, 1.82) is 0 Å². The van der Waals surface area contributed by atoms with Crippen LogP contribution in [0.25, 0.3) is 0 Å². The maximum Gasteiger partial charge on any atom is 0.337 e. The van der Waals surface area contributed by atoms with Crippen LogP contribution in [-0.2, 0) is 12.8 Å². The van der Waals surface area contributed by atoms with E-state index in [0.29, 0.717) is 5.69 Å². The van der Waals surface area contributed by atoms with Gasteiger partial charge in [0.2, 0.25) is 0 Å². The van der Waals surface area contributed by atoms with Crippen LogP contribution in [0.1, 0.15) is 34.3 Å². The molecule has 4 rings (SSSR count). The molecule has 0 unspecified atom stereocenters. The van der Waals surface area contributed by atoms with Crippen molar-refractivity contribution in [3.63, 3.8) is 0 Å². The van der Waals surface area contributed by atoms with Crippen LogP contribution in [0.2, 0.25) is 0 Å². The van der Waals surface area contributed by atoms with Crippen molar-refractivity contribution in [3.05, 3.63) is 77.6 Å². The number of carbonyl (C=O) groups is 1. The predicted molar refractivity (Wildman–Crippen MR) is 125 cm³/mol. The molecule has 2 N–H and O–H groups in total. The van der Waals surface area contributed by atoms with Gasteiger partial charge in [-0.25, -0.2) is 4.79 Å². The molecule has 0 aliphatic heterocycles. The highest BCUT2D eigenvalue weighted by Crippen LogP contribution is 2.34. The number of hydrogen-bond acceptors (Lipinski definition) is 5. The van der Waals surface area contributed by atoms with Crippen molar-refractivity contribution < 1.29 is 14.6 Å². The topological polar surface area (TPSA) is 74.7 Å². The Bertz CT molecular complexity index is 1040. The first-order valence-corrected chi connectivity index (χ1v) is 10.4. The zero-order valence-electron chi connectivity index (χ0n) is 18.3. The fourth-order valence-corrected chi connectivity index (χ4v) is 3.75. The van der Waals surface area contributed by atoms with Crippen LogP contribution < -0.4 is 15.0 Å². The molecule has 0 bridgehead atoms. The fraction of sp³-hybridized carbons (Fsp3) is 0.280. The summed E-state index contributed by atoms with van der Waals surface area (Å²) >= 11 is 0. The summed E-state index contributed by atoms with van der Waals surface area (Å²) in [6, 6.07) is 16.4. The van der Waals surface area contributed by atoms with E-state index in [2.05, 4.69) is 46.5 Å². The summed E-state index contributed by atoms with van der Waals surface area (Å²) in [5.74, 6) is -0.0375. The highest BCUT2D eigenvalue weighted by molar-refractivity contribution is 5.93. The number of nitrogens with zero attached hydrogens (tertiary/aromatic N) is 2. The van der Waals surface area contributed by atoms with Gasteiger partial charge in [0.15, 0.2) is 0 Å². The molecule has 1 aromatic heterocycles. The lowest BCUT2D eigenvalue weighted by Gasteiger charge is -2.24. The monoisotopic (exact) mass is 419 g/mol. The maximum atomic E-state index is 10.5. The van der Waals surface area contributed by atoms with Crippen LogP contribution in [0.15, 0.2) is 60.9 Å². The van der Waals surface area contributed by atoms with Crippen molar-refractivity contribution >= 4 is 23.0 Å². The average molecular weight is 420 g/mol. The molecule has 0 radical (unpaired) electrons. The lowest BCUT2D eigenvalue weighted by atomic mass is 9.91. The van der Waals surface area contributed by atoms with Crippen LogP contribution in [0.5, 0.6) is 5.75 Å². The van der Waals surface area contributed by atoms with Crippen molar-refractivity contribution in [1.82, 2.24) is 4.98 Å². The number of aromatic nitrogens is 1. The number of rotatable bonds is 5. The second-order valence-corrected chi connectivity index (χ2v) is 7.37. The Kier molecular flexibility index (Phi) is 7.49.